The van der Waals surface area contributed by atoms with Crippen molar-refractivity contribution >= 4 is 5.57 Å². The first kappa shape index (κ1) is 32.6. The van der Waals surface area contributed by atoms with Crippen LogP contribution < -0.4 is 15.2 Å². The maximum Gasteiger partial charge on any atom is 0.119 e. The molecule has 45 heavy (non-hydrogen) atoms. The average molecular weight is 613 g/mol. The first-order chi connectivity index (χ1) is 22.3. The van der Waals surface area contributed by atoms with Crippen LogP contribution in [0.3, 0.4) is 0 Å². The van der Waals surface area contributed by atoms with Gasteiger partial charge in [-0.25, -0.2) is 0 Å². The van der Waals surface area contributed by atoms with E-state index in [-0.39, 0.29) is 0 Å². The molecule has 0 aromatic heterocycles. The minimum Gasteiger partial charge on any atom is -0.494 e. The van der Waals surface area contributed by atoms with E-state index in [2.05, 4.69) is 53.4 Å². The Hall–Kier alpha value is -2.30. The van der Waals surface area contributed by atoms with Crippen LogP contribution >= 0.6 is 0 Å². The van der Waals surface area contributed by atoms with Gasteiger partial charge in [-0.2, -0.15) is 0 Å². The van der Waals surface area contributed by atoms with Crippen LogP contribution in [0.15, 0.2) is 54.1 Å². The second kappa shape index (κ2) is 17.0. The fraction of sp³-hybridized carbons (Fsp3) is 0.659. The van der Waals surface area contributed by atoms with Gasteiger partial charge in [-0.3, -0.25) is 0 Å². The predicted molar refractivity (Wildman–Crippen MR) is 188 cm³/mol. The Morgan fingerprint density at radius 2 is 1.07 bits per heavy atom. The summed E-state index contributed by atoms with van der Waals surface area (Å²) in [4.78, 5) is 2.69. The van der Waals surface area contributed by atoms with Gasteiger partial charge in [0.05, 0.1) is 13.2 Å². The number of likely N-dealkylation sites (tertiary alicyclic amines) is 1. The van der Waals surface area contributed by atoms with Crippen molar-refractivity contribution in [1.82, 2.24) is 4.90 Å². The van der Waals surface area contributed by atoms with E-state index in [1.54, 1.807) is 5.57 Å². The molecule has 4 heteroatoms. The molecule has 4 saturated carbocycles. The van der Waals surface area contributed by atoms with Gasteiger partial charge < -0.3 is 20.1 Å². The summed E-state index contributed by atoms with van der Waals surface area (Å²) in [7, 11) is 0. The molecule has 2 N–H and O–H groups in total. The van der Waals surface area contributed by atoms with Crippen LogP contribution in [-0.2, 0) is 0 Å². The maximum atomic E-state index is 6.23. The van der Waals surface area contributed by atoms with Crippen LogP contribution in [0.4, 0.5) is 0 Å². The van der Waals surface area contributed by atoms with E-state index < -0.39 is 0 Å². The predicted octanol–water partition coefficient (Wildman–Crippen LogP) is 9.66. The minimum absolute atomic E-state index is 0.760. The first-order valence-electron chi connectivity index (χ1n) is 18.9. The summed E-state index contributed by atoms with van der Waals surface area (Å²) in [5, 5.41) is 0. The summed E-state index contributed by atoms with van der Waals surface area (Å²) in [5.74, 6) is 5.43. The SMILES string of the molecule is NCCCCCCOc1ccc(C(c2ccc(OCCCCCCN3CCCCCC3)cc2)=C2C3C[C@H]4C[C@@H](C3)C[C@H]2C4)cc1. The van der Waals surface area contributed by atoms with Gasteiger partial charge in [-0.15, -0.1) is 0 Å². The molecule has 0 amide bonds. The Bertz CT molecular complexity index is 1150. The molecule has 2 aromatic rings. The molecule has 0 spiro atoms. The van der Waals surface area contributed by atoms with Crippen LogP contribution in [0, 0.1) is 23.7 Å². The fourth-order valence-corrected chi connectivity index (χ4v) is 9.17. The van der Waals surface area contributed by atoms with E-state index in [4.69, 9.17) is 15.2 Å². The number of ether oxygens (including phenoxy) is 2. The van der Waals surface area contributed by atoms with E-state index in [9.17, 15) is 0 Å². The zero-order valence-corrected chi connectivity index (χ0v) is 28.0. The Balaban J connectivity index is 1.05. The summed E-state index contributed by atoms with van der Waals surface area (Å²) < 4.78 is 12.4. The van der Waals surface area contributed by atoms with Crippen molar-refractivity contribution in [1.29, 1.82) is 0 Å². The molecule has 0 unspecified atom stereocenters. The van der Waals surface area contributed by atoms with Gasteiger partial charge in [0, 0.05) is 0 Å². The molecule has 0 atom stereocenters. The number of unbranched alkanes of at least 4 members (excludes halogenated alkanes) is 6. The Labute approximate surface area is 274 Å². The monoisotopic (exact) mass is 612 g/mol. The molecule has 1 aliphatic heterocycles. The minimum atomic E-state index is 0.760. The van der Waals surface area contributed by atoms with Crippen LogP contribution in [0.5, 0.6) is 11.5 Å². The molecule has 7 rings (SSSR count). The molecule has 5 aliphatic rings. The molecule has 1 saturated heterocycles. The van der Waals surface area contributed by atoms with Gasteiger partial charge >= 0.3 is 0 Å². The van der Waals surface area contributed by atoms with Crippen molar-refractivity contribution in [2.75, 3.05) is 39.4 Å². The normalized spacial score (nSPS) is 24.5. The Kier molecular flexibility index (Phi) is 12.3. The fourth-order valence-electron chi connectivity index (χ4n) is 9.17. The molecule has 2 aromatic carbocycles. The highest BCUT2D eigenvalue weighted by molar-refractivity contribution is 5.83. The van der Waals surface area contributed by atoms with Gasteiger partial charge in [0.25, 0.3) is 0 Å². The van der Waals surface area contributed by atoms with E-state index in [0.29, 0.717) is 0 Å². The number of rotatable bonds is 17. The number of hydrogen-bond donors (Lipinski definition) is 1. The van der Waals surface area contributed by atoms with Crippen LogP contribution in [0.1, 0.15) is 120 Å². The second-order valence-electron chi connectivity index (χ2n) is 14.8. The van der Waals surface area contributed by atoms with E-state index in [1.807, 2.05) is 0 Å². The molecule has 1 heterocycles. The van der Waals surface area contributed by atoms with Crippen molar-refractivity contribution < 1.29 is 9.47 Å². The summed E-state index contributed by atoms with van der Waals surface area (Å²) in [6, 6.07) is 18.1. The highest BCUT2D eigenvalue weighted by Gasteiger charge is 2.46. The zero-order chi connectivity index (χ0) is 30.7. The largest absolute Gasteiger partial charge is 0.494 e. The number of allylic oxidation sites excluding steroid dienone is 1. The van der Waals surface area contributed by atoms with E-state index in [0.717, 1.165) is 74.2 Å². The first-order valence-corrected chi connectivity index (χ1v) is 18.9. The quantitative estimate of drug-likeness (QED) is 0.181. The van der Waals surface area contributed by atoms with Gasteiger partial charge in [0.2, 0.25) is 0 Å². The van der Waals surface area contributed by atoms with Gasteiger partial charge in [0.15, 0.2) is 0 Å². The highest BCUT2D eigenvalue weighted by atomic mass is 16.5. The summed E-state index contributed by atoms with van der Waals surface area (Å²) in [6.07, 6.45) is 22.4. The lowest BCUT2D eigenvalue weighted by Crippen LogP contribution is -2.40. The molecule has 0 radical (unpaired) electrons. The third-order valence-electron chi connectivity index (χ3n) is 11.3. The van der Waals surface area contributed by atoms with Crippen molar-refractivity contribution in [3.63, 3.8) is 0 Å². The average Bonchev–Trinajstić information content (AvgIpc) is 3.33. The van der Waals surface area contributed by atoms with Crippen LogP contribution in [0.2, 0.25) is 0 Å². The third-order valence-corrected chi connectivity index (χ3v) is 11.3. The van der Waals surface area contributed by atoms with E-state index in [1.165, 1.54) is 126 Å². The molecule has 4 nitrogen and oxygen atoms in total. The standard InChI is InChI=1S/C41H60N2O2/c42-21-7-1-5-11-25-44-38-17-13-34(14-18-38)40(41-36-28-32-27-33(30-36)31-37(41)29-32)35-15-19-39(20-16-35)45-26-12-6-4-10-24-43-22-8-2-3-9-23-43/h13-20,32-33,36-37H,1-12,21-31,42H2/t32-,33+,36+,37?. The lowest BCUT2D eigenvalue weighted by molar-refractivity contribution is 0.0705. The van der Waals surface area contributed by atoms with E-state index >= 15 is 0 Å². The molecule has 4 aliphatic carbocycles. The van der Waals surface area contributed by atoms with Crippen LogP contribution in [-0.4, -0.2) is 44.3 Å². The van der Waals surface area contributed by atoms with Gasteiger partial charge in [-0.1, -0.05) is 68.4 Å². The Morgan fingerprint density at radius 1 is 0.578 bits per heavy atom. The topological polar surface area (TPSA) is 47.7 Å². The number of hydrogen-bond acceptors (Lipinski definition) is 4. The third kappa shape index (κ3) is 9.16. The van der Waals surface area contributed by atoms with Crippen molar-refractivity contribution in [3.05, 3.63) is 65.2 Å². The van der Waals surface area contributed by atoms with Crippen molar-refractivity contribution in [2.24, 2.45) is 29.4 Å². The number of nitrogens with two attached hydrogens (primary N) is 1. The maximum absolute atomic E-state index is 6.23. The zero-order valence-electron chi connectivity index (χ0n) is 28.0. The summed E-state index contributed by atoms with van der Waals surface area (Å²) in [5.41, 5.74) is 11.6. The second-order valence-corrected chi connectivity index (χ2v) is 14.8. The summed E-state index contributed by atoms with van der Waals surface area (Å²) in [6.45, 7) is 6.31. The smallest absolute Gasteiger partial charge is 0.119 e. The molecule has 5 fully saturated rings. The van der Waals surface area contributed by atoms with Crippen molar-refractivity contribution in [3.8, 4) is 11.5 Å². The lowest BCUT2D eigenvalue weighted by atomic mass is 9.53. The highest BCUT2D eigenvalue weighted by Crippen LogP contribution is 2.58. The van der Waals surface area contributed by atoms with Crippen LogP contribution in [0.25, 0.3) is 5.57 Å². The molecule has 4 bridgehead atoms. The number of benzene rings is 2. The Morgan fingerprint density at radius 3 is 1.58 bits per heavy atom. The molecular formula is C41H60N2O2. The summed E-state index contributed by atoms with van der Waals surface area (Å²) >= 11 is 0. The number of nitrogens with zero attached hydrogens (tertiary/aromatic N) is 1. The molecular weight excluding hydrogens is 552 g/mol. The van der Waals surface area contributed by atoms with Crippen molar-refractivity contribution in [2.45, 2.75) is 109 Å². The lowest BCUT2D eigenvalue weighted by Gasteiger charge is -2.52. The molecule has 246 valence electrons. The van der Waals surface area contributed by atoms with Gasteiger partial charge in [-0.05, 0) is 161 Å². The van der Waals surface area contributed by atoms with Gasteiger partial charge in [0.1, 0.15) is 11.5 Å².